The summed E-state index contributed by atoms with van der Waals surface area (Å²) < 4.78 is 8.28. The van der Waals surface area contributed by atoms with Crippen LogP contribution in [0.3, 0.4) is 0 Å². The SMILES string of the molecule is NCC1CCCCC1OCc1ccn(C2CCCCC2)n1. The van der Waals surface area contributed by atoms with Crippen LogP contribution in [0.5, 0.6) is 0 Å². The van der Waals surface area contributed by atoms with Crippen molar-refractivity contribution in [2.45, 2.75) is 76.5 Å². The average Bonchev–Trinajstić information content (AvgIpc) is 3.03. The Hall–Kier alpha value is -0.870. The van der Waals surface area contributed by atoms with E-state index in [-0.39, 0.29) is 0 Å². The van der Waals surface area contributed by atoms with Crippen LogP contribution in [0.4, 0.5) is 0 Å². The van der Waals surface area contributed by atoms with Crippen LogP contribution in [0, 0.1) is 5.92 Å². The van der Waals surface area contributed by atoms with Gasteiger partial charge >= 0.3 is 0 Å². The monoisotopic (exact) mass is 291 g/mol. The summed E-state index contributed by atoms with van der Waals surface area (Å²) in [7, 11) is 0. The summed E-state index contributed by atoms with van der Waals surface area (Å²) in [6, 6.07) is 2.73. The zero-order chi connectivity index (χ0) is 14.5. The number of nitrogens with zero attached hydrogens (tertiary/aromatic N) is 2. The zero-order valence-corrected chi connectivity index (χ0v) is 13.0. The normalized spacial score (nSPS) is 27.9. The van der Waals surface area contributed by atoms with E-state index in [1.54, 1.807) is 0 Å². The second-order valence-electron chi connectivity index (χ2n) is 6.71. The van der Waals surface area contributed by atoms with Gasteiger partial charge in [-0.3, -0.25) is 4.68 Å². The molecule has 2 N–H and O–H groups in total. The molecule has 0 spiro atoms. The van der Waals surface area contributed by atoms with Crippen LogP contribution in [0.25, 0.3) is 0 Å². The first-order valence-electron chi connectivity index (χ1n) is 8.72. The summed E-state index contributed by atoms with van der Waals surface area (Å²) in [5.74, 6) is 0.541. The molecular weight excluding hydrogens is 262 g/mol. The molecule has 0 amide bonds. The minimum absolute atomic E-state index is 0.337. The Morgan fingerprint density at radius 1 is 1.10 bits per heavy atom. The summed E-state index contributed by atoms with van der Waals surface area (Å²) >= 11 is 0. The van der Waals surface area contributed by atoms with Gasteiger partial charge in [-0.15, -0.1) is 0 Å². The minimum atomic E-state index is 0.337. The van der Waals surface area contributed by atoms with E-state index in [2.05, 4.69) is 16.9 Å². The molecule has 4 heteroatoms. The molecule has 0 saturated heterocycles. The Morgan fingerprint density at radius 2 is 1.86 bits per heavy atom. The second-order valence-corrected chi connectivity index (χ2v) is 6.71. The van der Waals surface area contributed by atoms with Crippen LogP contribution < -0.4 is 5.73 Å². The van der Waals surface area contributed by atoms with Crippen molar-refractivity contribution in [3.63, 3.8) is 0 Å². The Balaban J connectivity index is 1.52. The van der Waals surface area contributed by atoms with E-state index in [0.29, 0.717) is 24.7 Å². The minimum Gasteiger partial charge on any atom is -0.372 e. The molecule has 2 atom stereocenters. The zero-order valence-electron chi connectivity index (χ0n) is 13.0. The number of hydrogen-bond acceptors (Lipinski definition) is 3. The Morgan fingerprint density at radius 3 is 2.67 bits per heavy atom. The van der Waals surface area contributed by atoms with Gasteiger partial charge in [-0.2, -0.15) is 5.10 Å². The third-order valence-electron chi connectivity index (χ3n) is 5.20. The molecule has 2 unspecified atom stereocenters. The van der Waals surface area contributed by atoms with Crippen LogP contribution >= 0.6 is 0 Å². The highest BCUT2D eigenvalue weighted by Crippen LogP contribution is 2.28. The predicted molar refractivity (Wildman–Crippen MR) is 83.9 cm³/mol. The molecule has 1 heterocycles. The van der Waals surface area contributed by atoms with Gasteiger partial charge in [0.15, 0.2) is 0 Å². The lowest BCUT2D eigenvalue weighted by molar-refractivity contribution is -0.0198. The smallest absolute Gasteiger partial charge is 0.0910 e. The van der Waals surface area contributed by atoms with E-state index in [9.17, 15) is 0 Å². The number of hydrogen-bond donors (Lipinski definition) is 1. The average molecular weight is 291 g/mol. The van der Waals surface area contributed by atoms with Crippen molar-refractivity contribution in [2.75, 3.05) is 6.54 Å². The Bertz CT molecular complexity index is 425. The predicted octanol–water partition coefficient (Wildman–Crippen LogP) is 3.42. The highest BCUT2D eigenvalue weighted by molar-refractivity contribution is 4.98. The topological polar surface area (TPSA) is 53.1 Å². The fourth-order valence-corrected chi connectivity index (χ4v) is 3.86. The maximum atomic E-state index is 6.12. The van der Waals surface area contributed by atoms with E-state index < -0.39 is 0 Å². The van der Waals surface area contributed by atoms with Crippen molar-refractivity contribution in [3.8, 4) is 0 Å². The number of rotatable bonds is 5. The standard InChI is InChI=1S/C17H29N3O/c18-12-14-6-4-5-9-17(14)21-13-15-10-11-20(19-15)16-7-2-1-3-8-16/h10-11,14,16-17H,1-9,12-13,18H2. The molecule has 0 aromatic carbocycles. The van der Waals surface area contributed by atoms with Gasteiger partial charge in [0.05, 0.1) is 24.4 Å². The van der Waals surface area contributed by atoms with Crippen molar-refractivity contribution >= 4 is 0 Å². The third kappa shape index (κ3) is 3.86. The van der Waals surface area contributed by atoms with Crippen molar-refractivity contribution in [1.29, 1.82) is 0 Å². The first-order valence-corrected chi connectivity index (χ1v) is 8.72. The van der Waals surface area contributed by atoms with Gasteiger partial charge in [-0.1, -0.05) is 32.1 Å². The highest BCUT2D eigenvalue weighted by atomic mass is 16.5. The fourth-order valence-electron chi connectivity index (χ4n) is 3.86. The first-order chi connectivity index (χ1) is 10.4. The van der Waals surface area contributed by atoms with E-state index in [4.69, 9.17) is 15.6 Å². The summed E-state index contributed by atoms with van der Waals surface area (Å²) in [6.07, 6.45) is 14.1. The Labute approximate surface area is 128 Å². The molecule has 118 valence electrons. The quantitative estimate of drug-likeness (QED) is 0.904. The van der Waals surface area contributed by atoms with Gasteiger partial charge < -0.3 is 10.5 Å². The van der Waals surface area contributed by atoms with Crippen molar-refractivity contribution in [1.82, 2.24) is 9.78 Å². The molecule has 0 aliphatic heterocycles. The van der Waals surface area contributed by atoms with Crippen molar-refractivity contribution in [3.05, 3.63) is 18.0 Å². The molecule has 4 nitrogen and oxygen atoms in total. The highest BCUT2D eigenvalue weighted by Gasteiger charge is 2.25. The molecule has 2 aliphatic rings. The van der Waals surface area contributed by atoms with Gasteiger partial charge in [0.25, 0.3) is 0 Å². The largest absolute Gasteiger partial charge is 0.372 e. The molecule has 2 aliphatic carbocycles. The van der Waals surface area contributed by atoms with Gasteiger partial charge in [0.1, 0.15) is 0 Å². The second kappa shape index (κ2) is 7.41. The fraction of sp³-hybridized carbons (Fsp3) is 0.824. The van der Waals surface area contributed by atoms with E-state index in [1.807, 2.05) is 0 Å². The van der Waals surface area contributed by atoms with Gasteiger partial charge in [-0.05, 0) is 44.2 Å². The summed E-state index contributed by atoms with van der Waals surface area (Å²) in [6.45, 7) is 1.39. The summed E-state index contributed by atoms with van der Waals surface area (Å²) in [5, 5.41) is 4.73. The van der Waals surface area contributed by atoms with Crippen LogP contribution in [0.2, 0.25) is 0 Å². The molecule has 1 aromatic heterocycles. The van der Waals surface area contributed by atoms with Gasteiger partial charge in [0.2, 0.25) is 0 Å². The first kappa shape index (κ1) is 15.0. The molecule has 3 rings (SSSR count). The van der Waals surface area contributed by atoms with Crippen molar-refractivity contribution in [2.24, 2.45) is 11.7 Å². The van der Waals surface area contributed by atoms with Crippen LogP contribution in [-0.4, -0.2) is 22.4 Å². The molecule has 0 radical (unpaired) electrons. The lowest BCUT2D eigenvalue weighted by Crippen LogP contribution is -2.33. The number of aromatic nitrogens is 2. The lowest BCUT2D eigenvalue weighted by atomic mass is 9.86. The van der Waals surface area contributed by atoms with Crippen LogP contribution in [-0.2, 0) is 11.3 Å². The lowest BCUT2D eigenvalue weighted by Gasteiger charge is -2.30. The number of nitrogens with two attached hydrogens (primary N) is 1. The Kier molecular flexibility index (Phi) is 5.31. The summed E-state index contributed by atoms with van der Waals surface area (Å²) in [5.41, 5.74) is 6.94. The van der Waals surface area contributed by atoms with Gasteiger partial charge in [0, 0.05) is 6.20 Å². The molecule has 2 saturated carbocycles. The molecule has 2 fully saturated rings. The molecular formula is C17H29N3O. The third-order valence-corrected chi connectivity index (χ3v) is 5.20. The van der Waals surface area contributed by atoms with Gasteiger partial charge in [-0.25, -0.2) is 0 Å². The van der Waals surface area contributed by atoms with E-state index >= 15 is 0 Å². The molecule has 21 heavy (non-hydrogen) atoms. The summed E-state index contributed by atoms with van der Waals surface area (Å²) in [4.78, 5) is 0. The maximum absolute atomic E-state index is 6.12. The van der Waals surface area contributed by atoms with E-state index in [0.717, 1.165) is 18.7 Å². The van der Waals surface area contributed by atoms with Crippen molar-refractivity contribution < 1.29 is 4.74 Å². The maximum Gasteiger partial charge on any atom is 0.0910 e. The number of ether oxygens (including phenoxy) is 1. The molecule has 0 bridgehead atoms. The van der Waals surface area contributed by atoms with E-state index in [1.165, 1.54) is 51.4 Å². The van der Waals surface area contributed by atoms with Crippen LogP contribution in [0.15, 0.2) is 12.3 Å². The van der Waals surface area contributed by atoms with Crippen LogP contribution in [0.1, 0.15) is 69.5 Å². The molecule has 1 aromatic rings.